The first-order valence-corrected chi connectivity index (χ1v) is 6.97. The molecule has 0 unspecified atom stereocenters. The van der Waals surface area contributed by atoms with Gasteiger partial charge in [0.25, 0.3) is 11.8 Å². The summed E-state index contributed by atoms with van der Waals surface area (Å²) in [4.78, 5) is 23.5. The van der Waals surface area contributed by atoms with Gasteiger partial charge in [0.1, 0.15) is 5.75 Å². The first-order valence-electron chi connectivity index (χ1n) is 6.59. The van der Waals surface area contributed by atoms with Gasteiger partial charge < -0.3 is 4.74 Å². The van der Waals surface area contributed by atoms with Crippen molar-refractivity contribution in [2.45, 2.75) is 6.92 Å². The Kier molecular flexibility index (Phi) is 5.38. The zero-order chi connectivity index (χ0) is 15.9. The van der Waals surface area contributed by atoms with Gasteiger partial charge in [0, 0.05) is 10.6 Å². The molecule has 0 spiro atoms. The number of hydrogen-bond donors (Lipinski definition) is 2. The molecule has 0 aliphatic heterocycles. The molecule has 2 amide bonds. The van der Waals surface area contributed by atoms with Gasteiger partial charge in [-0.2, -0.15) is 0 Å². The highest BCUT2D eigenvalue weighted by molar-refractivity contribution is 6.30. The first kappa shape index (κ1) is 15.9. The molecule has 2 N–H and O–H groups in total. The molecule has 0 fully saturated rings. The largest absolute Gasteiger partial charge is 0.483 e. The van der Waals surface area contributed by atoms with Crippen LogP contribution in [0.3, 0.4) is 0 Å². The molecule has 6 heteroatoms. The lowest BCUT2D eigenvalue weighted by molar-refractivity contribution is -0.123. The minimum Gasteiger partial charge on any atom is -0.483 e. The number of rotatable bonds is 4. The normalized spacial score (nSPS) is 9.91. The topological polar surface area (TPSA) is 67.4 Å². The Morgan fingerprint density at radius 3 is 2.59 bits per heavy atom. The van der Waals surface area contributed by atoms with Crippen molar-refractivity contribution in [2.24, 2.45) is 0 Å². The highest BCUT2D eigenvalue weighted by Crippen LogP contribution is 2.15. The van der Waals surface area contributed by atoms with Crippen molar-refractivity contribution in [1.29, 1.82) is 0 Å². The Morgan fingerprint density at radius 2 is 1.86 bits per heavy atom. The number of halogens is 1. The van der Waals surface area contributed by atoms with Gasteiger partial charge in [0.05, 0.1) is 0 Å². The van der Waals surface area contributed by atoms with E-state index < -0.39 is 11.8 Å². The van der Waals surface area contributed by atoms with Crippen LogP contribution in [0.5, 0.6) is 5.75 Å². The number of benzene rings is 2. The minimum atomic E-state index is -0.460. The van der Waals surface area contributed by atoms with Gasteiger partial charge in [-0.05, 0) is 36.8 Å². The maximum atomic E-state index is 11.8. The van der Waals surface area contributed by atoms with Gasteiger partial charge in [0.15, 0.2) is 6.61 Å². The van der Waals surface area contributed by atoms with Crippen molar-refractivity contribution in [2.75, 3.05) is 6.61 Å². The third-order valence-corrected chi connectivity index (χ3v) is 3.09. The van der Waals surface area contributed by atoms with E-state index in [1.807, 2.05) is 25.1 Å². The Morgan fingerprint density at radius 1 is 1.09 bits per heavy atom. The summed E-state index contributed by atoms with van der Waals surface area (Å²) in [5.74, 6) is -0.288. The second-order valence-electron chi connectivity index (χ2n) is 4.57. The van der Waals surface area contributed by atoms with E-state index >= 15 is 0 Å². The monoisotopic (exact) mass is 318 g/mol. The number of para-hydroxylation sites is 1. The lowest BCUT2D eigenvalue weighted by Crippen LogP contribution is -2.43. The van der Waals surface area contributed by atoms with E-state index in [1.165, 1.54) is 6.07 Å². The SMILES string of the molecule is Cc1ccccc1OCC(=O)NNC(=O)c1cccc(Cl)c1. The van der Waals surface area contributed by atoms with Crippen molar-refractivity contribution < 1.29 is 14.3 Å². The second-order valence-corrected chi connectivity index (χ2v) is 5.00. The molecule has 2 rings (SSSR count). The van der Waals surface area contributed by atoms with Crippen molar-refractivity contribution in [1.82, 2.24) is 10.9 Å². The highest BCUT2D eigenvalue weighted by atomic mass is 35.5. The van der Waals surface area contributed by atoms with Crippen LogP contribution in [0.2, 0.25) is 5.02 Å². The Balaban J connectivity index is 1.81. The van der Waals surface area contributed by atoms with E-state index in [0.29, 0.717) is 16.3 Å². The molecule has 0 saturated heterocycles. The van der Waals surface area contributed by atoms with Crippen molar-refractivity contribution in [3.63, 3.8) is 0 Å². The average Bonchev–Trinajstić information content (AvgIpc) is 2.52. The smallest absolute Gasteiger partial charge is 0.276 e. The van der Waals surface area contributed by atoms with Gasteiger partial charge in [-0.3, -0.25) is 20.4 Å². The molecule has 114 valence electrons. The average molecular weight is 319 g/mol. The first-order chi connectivity index (χ1) is 10.6. The summed E-state index contributed by atoms with van der Waals surface area (Å²) >= 11 is 5.80. The van der Waals surface area contributed by atoms with Gasteiger partial charge in [-0.1, -0.05) is 35.9 Å². The fourth-order valence-corrected chi connectivity index (χ4v) is 1.92. The van der Waals surface area contributed by atoms with Crippen LogP contribution >= 0.6 is 11.6 Å². The predicted molar refractivity (Wildman–Crippen MR) is 83.7 cm³/mol. The second kappa shape index (κ2) is 7.47. The summed E-state index contributed by atoms with van der Waals surface area (Å²) in [6, 6.07) is 13.8. The van der Waals surface area contributed by atoms with E-state index in [1.54, 1.807) is 24.3 Å². The number of hydrazine groups is 1. The van der Waals surface area contributed by atoms with Gasteiger partial charge >= 0.3 is 0 Å². The third kappa shape index (κ3) is 4.49. The van der Waals surface area contributed by atoms with Gasteiger partial charge in [-0.15, -0.1) is 0 Å². The summed E-state index contributed by atoms with van der Waals surface area (Å²) in [5, 5.41) is 0.446. The van der Waals surface area contributed by atoms with Crippen LogP contribution < -0.4 is 15.6 Å². The summed E-state index contributed by atoms with van der Waals surface area (Å²) in [5.41, 5.74) is 5.87. The molecule has 0 bridgehead atoms. The molecular formula is C16H15ClN2O3. The van der Waals surface area contributed by atoms with E-state index in [2.05, 4.69) is 10.9 Å². The van der Waals surface area contributed by atoms with Crippen LogP contribution in [0.15, 0.2) is 48.5 Å². The van der Waals surface area contributed by atoms with Crippen LogP contribution in [0, 0.1) is 6.92 Å². The van der Waals surface area contributed by atoms with Crippen molar-refractivity contribution in [3.05, 3.63) is 64.7 Å². The quantitative estimate of drug-likeness (QED) is 0.851. The van der Waals surface area contributed by atoms with Crippen LogP contribution in [-0.4, -0.2) is 18.4 Å². The lowest BCUT2D eigenvalue weighted by Gasteiger charge is -2.10. The third-order valence-electron chi connectivity index (χ3n) is 2.85. The van der Waals surface area contributed by atoms with Crippen LogP contribution in [0.4, 0.5) is 0 Å². The number of carbonyl (C=O) groups excluding carboxylic acids is 2. The van der Waals surface area contributed by atoms with Crippen LogP contribution in [-0.2, 0) is 4.79 Å². The molecular weight excluding hydrogens is 304 g/mol. The maximum Gasteiger partial charge on any atom is 0.276 e. The lowest BCUT2D eigenvalue weighted by atomic mass is 10.2. The number of aryl methyl sites for hydroxylation is 1. The molecule has 0 radical (unpaired) electrons. The zero-order valence-electron chi connectivity index (χ0n) is 11.9. The standard InChI is InChI=1S/C16H15ClN2O3/c1-11-5-2-3-8-14(11)22-10-15(20)18-19-16(21)12-6-4-7-13(17)9-12/h2-9H,10H2,1H3,(H,18,20)(H,19,21). The molecule has 0 heterocycles. The fourth-order valence-electron chi connectivity index (χ4n) is 1.73. The molecule has 0 aliphatic rings. The fraction of sp³-hybridized carbons (Fsp3) is 0.125. The molecule has 0 saturated carbocycles. The summed E-state index contributed by atoms with van der Waals surface area (Å²) in [7, 11) is 0. The molecule has 2 aromatic carbocycles. The molecule has 0 atom stereocenters. The Labute approximate surface area is 133 Å². The summed E-state index contributed by atoms with van der Waals surface area (Å²) < 4.78 is 5.37. The summed E-state index contributed by atoms with van der Waals surface area (Å²) in [6.45, 7) is 1.69. The number of nitrogens with one attached hydrogen (secondary N) is 2. The van der Waals surface area contributed by atoms with Gasteiger partial charge in [0.2, 0.25) is 0 Å². The highest BCUT2D eigenvalue weighted by Gasteiger charge is 2.08. The Bertz CT molecular complexity index is 689. The van der Waals surface area contributed by atoms with Gasteiger partial charge in [-0.25, -0.2) is 0 Å². The zero-order valence-corrected chi connectivity index (χ0v) is 12.7. The Hall–Kier alpha value is -2.53. The molecule has 0 aliphatic carbocycles. The van der Waals surface area contributed by atoms with E-state index in [9.17, 15) is 9.59 Å². The number of ether oxygens (including phenoxy) is 1. The van der Waals surface area contributed by atoms with Crippen LogP contribution in [0.1, 0.15) is 15.9 Å². The molecule has 22 heavy (non-hydrogen) atoms. The molecule has 0 aromatic heterocycles. The number of hydrogen-bond acceptors (Lipinski definition) is 3. The van der Waals surface area contributed by atoms with Crippen molar-refractivity contribution >= 4 is 23.4 Å². The number of carbonyl (C=O) groups is 2. The molecule has 2 aromatic rings. The van der Waals surface area contributed by atoms with E-state index in [-0.39, 0.29) is 6.61 Å². The maximum absolute atomic E-state index is 11.8. The van der Waals surface area contributed by atoms with Crippen LogP contribution in [0.25, 0.3) is 0 Å². The molecule has 5 nitrogen and oxygen atoms in total. The minimum absolute atomic E-state index is 0.194. The number of amides is 2. The van der Waals surface area contributed by atoms with E-state index in [0.717, 1.165) is 5.56 Å². The van der Waals surface area contributed by atoms with Crippen molar-refractivity contribution in [3.8, 4) is 5.75 Å². The summed E-state index contributed by atoms with van der Waals surface area (Å²) in [6.07, 6.45) is 0. The predicted octanol–water partition coefficient (Wildman–Crippen LogP) is 2.49. The van der Waals surface area contributed by atoms with E-state index in [4.69, 9.17) is 16.3 Å².